The molecule has 2 saturated carbocycles. The summed E-state index contributed by atoms with van der Waals surface area (Å²) in [4.78, 5) is 0. The van der Waals surface area contributed by atoms with E-state index in [0.29, 0.717) is 11.3 Å². The molecule has 0 atom stereocenters. The number of halogens is 4. The summed E-state index contributed by atoms with van der Waals surface area (Å²) in [6, 6.07) is 6.34. The van der Waals surface area contributed by atoms with Crippen LogP contribution < -0.4 is 4.74 Å². The highest BCUT2D eigenvalue weighted by molar-refractivity contribution is 5.85. The van der Waals surface area contributed by atoms with Crippen LogP contribution in [0.1, 0.15) is 82.6 Å². The molecule has 2 aliphatic rings. The highest BCUT2D eigenvalue weighted by atomic mass is 19.3. The maximum absolute atomic E-state index is 14.5. The number of alkyl halides is 2. The highest BCUT2D eigenvalue weighted by Gasteiger charge is 2.31. The fourth-order valence-corrected chi connectivity index (χ4v) is 6.06. The molecule has 2 aromatic rings. The minimum atomic E-state index is -3.27. The van der Waals surface area contributed by atoms with E-state index < -0.39 is 24.0 Å². The predicted octanol–water partition coefficient (Wildman–Crippen LogP) is 8.60. The van der Waals surface area contributed by atoms with E-state index in [1.54, 1.807) is 6.07 Å². The van der Waals surface area contributed by atoms with Gasteiger partial charge in [-0.25, -0.2) is 8.78 Å². The summed E-state index contributed by atoms with van der Waals surface area (Å²) in [7, 11) is 0. The van der Waals surface area contributed by atoms with Gasteiger partial charge in [0, 0.05) is 5.39 Å². The number of rotatable bonds is 6. The summed E-state index contributed by atoms with van der Waals surface area (Å²) < 4.78 is 57.6. The molecule has 4 rings (SSSR count). The summed E-state index contributed by atoms with van der Waals surface area (Å²) in [6.45, 7) is -0.989. The van der Waals surface area contributed by atoms with Crippen molar-refractivity contribution in [3.05, 3.63) is 41.5 Å². The molecule has 2 aromatic carbocycles. The Hall–Kier alpha value is -1.78. The third kappa shape index (κ3) is 5.01. The minimum Gasteiger partial charge on any atom is -0.429 e. The first-order chi connectivity index (χ1) is 15.0. The van der Waals surface area contributed by atoms with Gasteiger partial charge in [0.25, 0.3) is 0 Å². The van der Waals surface area contributed by atoms with Gasteiger partial charge in [0.05, 0.1) is 0 Å². The van der Waals surface area contributed by atoms with Crippen molar-refractivity contribution in [1.82, 2.24) is 0 Å². The van der Waals surface area contributed by atoms with Gasteiger partial charge in [-0.2, -0.15) is 8.78 Å². The van der Waals surface area contributed by atoms with E-state index in [4.69, 9.17) is 0 Å². The molecule has 31 heavy (non-hydrogen) atoms. The SMILES string of the molecule is CCCC1CCC(C2CCC(c3ccc4c(F)c(OC(F)F)c(F)cc4c3)CC2)CC1. The molecule has 2 aliphatic carbocycles. The summed E-state index contributed by atoms with van der Waals surface area (Å²) in [6.07, 6.45) is 12.8. The Morgan fingerprint density at radius 2 is 1.55 bits per heavy atom. The first kappa shape index (κ1) is 22.4. The van der Waals surface area contributed by atoms with Crippen LogP contribution >= 0.6 is 0 Å². The predicted molar refractivity (Wildman–Crippen MR) is 116 cm³/mol. The van der Waals surface area contributed by atoms with Crippen LogP contribution in [-0.4, -0.2) is 6.61 Å². The molecule has 0 saturated heterocycles. The average Bonchev–Trinajstić information content (AvgIpc) is 2.77. The van der Waals surface area contributed by atoms with Gasteiger partial charge in [0.15, 0.2) is 17.4 Å². The van der Waals surface area contributed by atoms with Crippen LogP contribution in [-0.2, 0) is 0 Å². The highest BCUT2D eigenvalue weighted by Crippen LogP contribution is 2.45. The number of benzene rings is 2. The molecule has 0 bridgehead atoms. The van der Waals surface area contributed by atoms with Gasteiger partial charge >= 0.3 is 6.61 Å². The van der Waals surface area contributed by atoms with E-state index in [-0.39, 0.29) is 5.39 Å². The summed E-state index contributed by atoms with van der Waals surface area (Å²) in [5.41, 5.74) is 1.08. The number of hydrogen-bond donors (Lipinski definition) is 0. The fourth-order valence-electron chi connectivity index (χ4n) is 6.06. The molecule has 0 unspecified atom stereocenters. The lowest BCUT2D eigenvalue weighted by Gasteiger charge is -2.38. The Bertz CT molecular complexity index is 881. The number of fused-ring (bicyclic) bond motifs is 1. The first-order valence-electron chi connectivity index (χ1n) is 11.8. The summed E-state index contributed by atoms with van der Waals surface area (Å²) in [5, 5.41) is 0.504. The standard InChI is InChI=1S/C26H32F4O/c1-2-3-16-4-6-17(7-5-16)18-8-10-19(11-9-18)20-12-13-22-21(14-20)15-23(27)25(24(22)28)31-26(29)30/h12-19,26H,2-11H2,1H3. The average molecular weight is 437 g/mol. The molecule has 0 aliphatic heterocycles. The first-order valence-corrected chi connectivity index (χ1v) is 11.8. The van der Waals surface area contributed by atoms with Crippen LogP contribution in [0.2, 0.25) is 0 Å². The van der Waals surface area contributed by atoms with Crippen molar-refractivity contribution in [2.24, 2.45) is 17.8 Å². The normalized spacial score (nSPS) is 27.0. The van der Waals surface area contributed by atoms with Crippen LogP contribution in [0.4, 0.5) is 17.6 Å². The lowest BCUT2D eigenvalue weighted by Crippen LogP contribution is -2.25. The van der Waals surface area contributed by atoms with Crippen molar-refractivity contribution in [2.45, 2.75) is 83.7 Å². The van der Waals surface area contributed by atoms with Gasteiger partial charge in [0.1, 0.15) is 0 Å². The molecule has 2 fully saturated rings. The van der Waals surface area contributed by atoms with Gasteiger partial charge in [0.2, 0.25) is 0 Å². The second-order valence-electron chi connectivity index (χ2n) is 9.54. The molecular weight excluding hydrogens is 404 g/mol. The summed E-state index contributed by atoms with van der Waals surface area (Å²) >= 11 is 0. The molecule has 170 valence electrons. The Balaban J connectivity index is 1.41. The summed E-state index contributed by atoms with van der Waals surface area (Å²) in [5.74, 6) is -0.174. The number of ether oxygens (including phenoxy) is 1. The number of hydrogen-bond acceptors (Lipinski definition) is 1. The fraction of sp³-hybridized carbons (Fsp3) is 0.615. The zero-order chi connectivity index (χ0) is 22.0. The van der Waals surface area contributed by atoms with Crippen LogP contribution in [0, 0.1) is 29.4 Å². The van der Waals surface area contributed by atoms with E-state index >= 15 is 0 Å². The zero-order valence-corrected chi connectivity index (χ0v) is 18.2. The Labute approximate surface area is 182 Å². The van der Waals surface area contributed by atoms with E-state index in [9.17, 15) is 17.6 Å². The topological polar surface area (TPSA) is 9.23 Å². The second-order valence-corrected chi connectivity index (χ2v) is 9.54. The quantitative estimate of drug-likeness (QED) is 0.412. The van der Waals surface area contributed by atoms with Crippen LogP contribution in [0.25, 0.3) is 10.8 Å². The van der Waals surface area contributed by atoms with Gasteiger partial charge in [-0.15, -0.1) is 0 Å². The van der Waals surface area contributed by atoms with Crippen molar-refractivity contribution in [3.8, 4) is 5.75 Å². The van der Waals surface area contributed by atoms with E-state index in [2.05, 4.69) is 11.7 Å². The van der Waals surface area contributed by atoms with Gasteiger partial charge in [-0.1, -0.05) is 50.8 Å². The monoisotopic (exact) mass is 436 g/mol. The van der Waals surface area contributed by atoms with Crippen molar-refractivity contribution in [2.75, 3.05) is 0 Å². The third-order valence-corrected chi connectivity index (χ3v) is 7.72. The molecule has 0 radical (unpaired) electrons. The largest absolute Gasteiger partial charge is 0.429 e. The maximum Gasteiger partial charge on any atom is 0.387 e. The maximum atomic E-state index is 14.5. The Morgan fingerprint density at radius 1 is 0.903 bits per heavy atom. The van der Waals surface area contributed by atoms with Crippen molar-refractivity contribution in [1.29, 1.82) is 0 Å². The smallest absolute Gasteiger partial charge is 0.387 e. The van der Waals surface area contributed by atoms with Gasteiger partial charge in [-0.3, -0.25) is 0 Å². The second kappa shape index (κ2) is 9.79. The molecule has 0 heterocycles. The van der Waals surface area contributed by atoms with Crippen LogP contribution in [0.15, 0.2) is 24.3 Å². The van der Waals surface area contributed by atoms with Gasteiger partial charge < -0.3 is 4.74 Å². The lowest BCUT2D eigenvalue weighted by atomic mass is 9.68. The van der Waals surface area contributed by atoms with Crippen molar-refractivity contribution in [3.63, 3.8) is 0 Å². The van der Waals surface area contributed by atoms with Crippen molar-refractivity contribution >= 4 is 10.8 Å². The third-order valence-electron chi connectivity index (χ3n) is 7.72. The van der Waals surface area contributed by atoms with E-state index in [0.717, 1.165) is 42.2 Å². The van der Waals surface area contributed by atoms with Crippen LogP contribution in [0.3, 0.4) is 0 Å². The molecule has 0 aromatic heterocycles. The molecule has 0 spiro atoms. The van der Waals surface area contributed by atoms with E-state index in [1.165, 1.54) is 51.4 Å². The van der Waals surface area contributed by atoms with Crippen LogP contribution in [0.5, 0.6) is 5.75 Å². The zero-order valence-electron chi connectivity index (χ0n) is 18.2. The lowest BCUT2D eigenvalue weighted by molar-refractivity contribution is -0.0544. The van der Waals surface area contributed by atoms with Crippen molar-refractivity contribution < 1.29 is 22.3 Å². The molecular formula is C26H32F4O. The Kier molecular flexibility index (Phi) is 7.08. The molecule has 1 nitrogen and oxygen atoms in total. The molecule has 0 amide bonds. The minimum absolute atomic E-state index is 0.110. The molecule has 0 N–H and O–H groups in total. The molecule has 5 heteroatoms. The van der Waals surface area contributed by atoms with E-state index in [1.807, 2.05) is 12.1 Å². The Morgan fingerprint density at radius 3 is 2.16 bits per heavy atom. The van der Waals surface area contributed by atoms with Gasteiger partial charge in [-0.05, 0) is 79.2 Å².